The first-order chi connectivity index (χ1) is 11.8. The number of pyridine rings is 1. The van der Waals surface area contributed by atoms with Crippen molar-refractivity contribution in [2.75, 3.05) is 13.1 Å². The Morgan fingerprint density at radius 1 is 1.28 bits per heavy atom. The van der Waals surface area contributed by atoms with Crippen LogP contribution in [0.2, 0.25) is 0 Å². The number of aryl methyl sites for hydroxylation is 1. The van der Waals surface area contributed by atoms with Crippen molar-refractivity contribution >= 4 is 46.9 Å². The minimum Gasteiger partial charge on any atom is -0.357 e. The zero-order valence-corrected chi connectivity index (χ0v) is 17.4. The first kappa shape index (κ1) is 19.6. The third-order valence-corrected chi connectivity index (χ3v) is 4.38. The van der Waals surface area contributed by atoms with Crippen LogP contribution in [0, 0.1) is 6.92 Å². The highest BCUT2D eigenvalue weighted by molar-refractivity contribution is 14.0. The highest BCUT2D eigenvalue weighted by Gasteiger charge is 2.05. The summed E-state index contributed by atoms with van der Waals surface area (Å²) in [5, 5.41) is 16.1. The number of hydrogen-bond acceptors (Lipinski definition) is 5. The second-order valence-electron chi connectivity index (χ2n) is 5.28. The summed E-state index contributed by atoms with van der Waals surface area (Å²) < 4.78 is 1.95. The van der Waals surface area contributed by atoms with Gasteiger partial charge in [0.05, 0.1) is 5.01 Å². The Hall–Kier alpha value is -1.75. The molecule has 2 N–H and O–H groups in total. The summed E-state index contributed by atoms with van der Waals surface area (Å²) in [5.74, 6) is 1.59. The second-order valence-corrected chi connectivity index (χ2v) is 6.60. The van der Waals surface area contributed by atoms with E-state index in [1.54, 1.807) is 11.3 Å². The second kappa shape index (κ2) is 9.66. The predicted octanol–water partition coefficient (Wildman–Crippen LogP) is 2.41. The molecular weight excluding hydrogens is 449 g/mol. The topological polar surface area (TPSA) is 79.5 Å². The minimum atomic E-state index is 0. The van der Waals surface area contributed by atoms with Gasteiger partial charge in [0, 0.05) is 36.8 Å². The van der Waals surface area contributed by atoms with Gasteiger partial charge in [0.25, 0.3) is 0 Å². The van der Waals surface area contributed by atoms with Crippen LogP contribution in [-0.2, 0) is 13.0 Å². The maximum Gasteiger partial charge on any atom is 0.191 e. The van der Waals surface area contributed by atoms with E-state index in [1.807, 2.05) is 41.9 Å². The number of aliphatic imine (C=N–C) groups is 1. The van der Waals surface area contributed by atoms with E-state index in [0.717, 1.165) is 41.9 Å². The quantitative estimate of drug-likeness (QED) is 0.328. The lowest BCUT2D eigenvalue weighted by atomic mass is 10.4. The summed E-state index contributed by atoms with van der Waals surface area (Å²) in [6.45, 7) is 6.19. The fourth-order valence-corrected chi connectivity index (χ4v) is 3.08. The van der Waals surface area contributed by atoms with Crippen molar-refractivity contribution in [3.63, 3.8) is 0 Å². The van der Waals surface area contributed by atoms with Crippen LogP contribution in [0.25, 0.3) is 5.65 Å². The van der Waals surface area contributed by atoms with Gasteiger partial charge in [-0.3, -0.25) is 4.40 Å². The Labute approximate surface area is 168 Å². The molecule has 9 heteroatoms. The van der Waals surface area contributed by atoms with Gasteiger partial charge in [-0.25, -0.2) is 9.98 Å². The van der Waals surface area contributed by atoms with Crippen LogP contribution in [-0.4, -0.2) is 38.6 Å². The van der Waals surface area contributed by atoms with Crippen molar-refractivity contribution in [2.24, 2.45) is 4.99 Å². The van der Waals surface area contributed by atoms with Gasteiger partial charge in [-0.05, 0) is 26.0 Å². The van der Waals surface area contributed by atoms with Crippen LogP contribution in [0.4, 0.5) is 0 Å². The molecule has 7 nitrogen and oxygen atoms in total. The fraction of sp³-hybridized carbons (Fsp3) is 0.375. The summed E-state index contributed by atoms with van der Waals surface area (Å²) in [4.78, 5) is 10.2. The molecule has 0 aromatic carbocycles. The van der Waals surface area contributed by atoms with Gasteiger partial charge in [0.2, 0.25) is 0 Å². The van der Waals surface area contributed by atoms with Gasteiger partial charge >= 0.3 is 0 Å². The van der Waals surface area contributed by atoms with E-state index in [0.29, 0.717) is 6.54 Å². The van der Waals surface area contributed by atoms with Gasteiger partial charge in [-0.2, -0.15) is 0 Å². The molecule has 0 fully saturated rings. The van der Waals surface area contributed by atoms with Crippen LogP contribution in [0.3, 0.4) is 0 Å². The minimum absolute atomic E-state index is 0. The van der Waals surface area contributed by atoms with Gasteiger partial charge in [0.1, 0.15) is 6.54 Å². The molecule has 0 saturated heterocycles. The number of fused-ring (bicyclic) bond motifs is 1. The lowest BCUT2D eigenvalue weighted by Crippen LogP contribution is -2.38. The summed E-state index contributed by atoms with van der Waals surface area (Å²) in [6, 6.07) is 5.84. The number of rotatable bonds is 6. The van der Waals surface area contributed by atoms with E-state index in [-0.39, 0.29) is 24.0 Å². The van der Waals surface area contributed by atoms with Crippen molar-refractivity contribution in [1.82, 2.24) is 30.2 Å². The van der Waals surface area contributed by atoms with Crippen LogP contribution in [0.5, 0.6) is 0 Å². The smallest absolute Gasteiger partial charge is 0.191 e. The monoisotopic (exact) mass is 471 g/mol. The first-order valence-electron chi connectivity index (χ1n) is 7.98. The third-order valence-electron chi connectivity index (χ3n) is 3.41. The molecule has 0 spiro atoms. The standard InChI is InChI=1S/C16H21N7S.HI/c1-3-17-16(18-8-7-15-19-10-12(2)24-15)20-11-14-22-21-13-6-4-5-9-23(13)14;/h4-6,9-10H,3,7-8,11H2,1-2H3,(H2,17,18,20);1H. The molecular formula is C16H22IN7S. The zero-order chi connectivity index (χ0) is 16.8. The van der Waals surface area contributed by atoms with E-state index in [1.165, 1.54) is 4.88 Å². The molecule has 0 aliphatic carbocycles. The average molecular weight is 471 g/mol. The van der Waals surface area contributed by atoms with Crippen molar-refractivity contribution in [3.05, 3.63) is 46.3 Å². The molecule has 0 aliphatic heterocycles. The van der Waals surface area contributed by atoms with E-state index in [9.17, 15) is 0 Å². The molecule has 3 heterocycles. The molecule has 3 aromatic heterocycles. The Balaban J connectivity index is 0.00000225. The predicted molar refractivity (Wildman–Crippen MR) is 112 cm³/mol. The lowest BCUT2D eigenvalue weighted by molar-refractivity contribution is 0.785. The van der Waals surface area contributed by atoms with Crippen LogP contribution in [0.15, 0.2) is 35.6 Å². The fourth-order valence-electron chi connectivity index (χ4n) is 2.30. The summed E-state index contributed by atoms with van der Waals surface area (Å²) in [7, 11) is 0. The van der Waals surface area contributed by atoms with E-state index in [4.69, 9.17) is 0 Å². The number of nitrogens with one attached hydrogen (secondary N) is 2. The average Bonchev–Trinajstić information content (AvgIpc) is 3.19. The Morgan fingerprint density at radius 3 is 2.92 bits per heavy atom. The third kappa shape index (κ3) is 5.36. The first-order valence-corrected chi connectivity index (χ1v) is 8.80. The molecule has 0 atom stereocenters. The highest BCUT2D eigenvalue weighted by Crippen LogP contribution is 2.10. The van der Waals surface area contributed by atoms with E-state index in [2.05, 4.69) is 37.7 Å². The molecule has 134 valence electrons. The van der Waals surface area contributed by atoms with Crippen molar-refractivity contribution in [1.29, 1.82) is 0 Å². The summed E-state index contributed by atoms with van der Waals surface area (Å²) in [6.07, 6.45) is 4.75. The molecule has 3 rings (SSSR count). The Kier molecular flexibility index (Phi) is 7.56. The van der Waals surface area contributed by atoms with Gasteiger partial charge in [0.15, 0.2) is 17.4 Å². The molecule has 3 aromatic rings. The summed E-state index contributed by atoms with van der Waals surface area (Å²) >= 11 is 1.73. The molecule has 0 saturated carbocycles. The number of aromatic nitrogens is 4. The van der Waals surface area contributed by atoms with E-state index < -0.39 is 0 Å². The van der Waals surface area contributed by atoms with Crippen LogP contribution >= 0.6 is 35.3 Å². The maximum absolute atomic E-state index is 4.60. The van der Waals surface area contributed by atoms with Crippen LogP contribution < -0.4 is 10.6 Å². The number of thiazole rings is 1. The molecule has 0 unspecified atom stereocenters. The Bertz CT molecular complexity index is 827. The van der Waals surface area contributed by atoms with E-state index >= 15 is 0 Å². The zero-order valence-electron chi connectivity index (χ0n) is 14.3. The normalized spacial score (nSPS) is 11.4. The molecule has 0 radical (unpaired) electrons. The number of halogens is 1. The molecule has 0 amide bonds. The van der Waals surface area contributed by atoms with Crippen LogP contribution in [0.1, 0.15) is 22.6 Å². The van der Waals surface area contributed by atoms with Gasteiger partial charge < -0.3 is 10.6 Å². The number of nitrogens with zero attached hydrogens (tertiary/aromatic N) is 5. The summed E-state index contributed by atoms with van der Waals surface area (Å²) in [5.41, 5.74) is 0.833. The lowest BCUT2D eigenvalue weighted by Gasteiger charge is -2.10. The SMILES string of the molecule is CCNC(=NCc1nnc2ccccn12)NCCc1ncc(C)s1.I. The molecule has 25 heavy (non-hydrogen) atoms. The Morgan fingerprint density at radius 2 is 2.16 bits per heavy atom. The highest BCUT2D eigenvalue weighted by atomic mass is 127. The number of guanidine groups is 1. The van der Waals surface area contributed by atoms with Crippen molar-refractivity contribution in [3.8, 4) is 0 Å². The molecule has 0 aliphatic rings. The number of hydrogen-bond donors (Lipinski definition) is 2. The maximum atomic E-state index is 4.60. The van der Waals surface area contributed by atoms with Gasteiger partial charge in [-0.1, -0.05) is 6.07 Å². The van der Waals surface area contributed by atoms with Crippen molar-refractivity contribution < 1.29 is 0 Å². The van der Waals surface area contributed by atoms with Gasteiger partial charge in [-0.15, -0.1) is 45.5 Å². The van der Waals surface area contributed by atoms with Crippen molar-refractivity contribution in [2.45, 2.75) is 26.8 Å². The molecule has 0 bridgehead atoms. The largest absolute Gasteiger partial charge is 0.357 e.